The fourth-order valence-corrected chi connectivity index (χ4v) is 3.89. The number of thioether (sulfide) groups is 1. The highest BCUT2D eigenvalue weighted by Gasteiger charge is 2.11. The first kappa shape index (κ1) is 17.8. The maximum absolute atomic E-state index is 12.1. The van der Waals surface area contributed by atoms with Crippen molar-refractivity contribution in [2.24, 2.45) is 0 Å². The first-order valence-corrected chi connectivity index (χ1v) is 9.61. The summed E-state index contributed by atoms with van der Waals surface area (Å²) in [5.41, 5.74) is 0.677. The second kappa shape index (κ2) is 8.89. The predicted octanol–water partition coefficient (Wildman–Crippen LogP) is 5.01. The van der Waals surface area contributed by atoms with Crippen LogP contribution in [-0.2, 0) is 4.79 Å². The molecule has 0 atom stereocenters. The Bertz CT molecular complexity index is 862. The molecule has 1 heterocycles. The number of hydrogen-bond acceptors (Lipinski definition) is 5. The minimum atomic E-state index is -0.117. The summed E-state index contributed by atoms with van der Waals surface area (Å²) < 4.78 is 0. The Morgan fingerprint density at radius 3 is 2.52 bits per heavy atom. The molecule has 0 radical (unpaired) electrons. The molecule has 0 aliphatic carbocycles. The Morgan fingerprint density at radius 1 is 1.00 bits per heavy atom. The zero-order chi connectivity index (χ0) is 17.5. The van der Waals surface area contributed by atoms with Gasteiger partial charge in [0.1, 0.15) is 10.1 Å². The smallest absolute Gasteiger partial charge is 0.234 e. The van der Waals surface area contributed by atoms with E-state index in [2.05, 4.69) is 15.3 Å². The van der Waals surface area contributed by atoms with Crippen LogP contribution in [0, 0.1) is 0 Å². The van der Waals surface area contributed by atoms with Crippen molar-refractivity contribution in [3.05, 3.63) is 72.0 Å². The summed E-state index contributed by atoms with van der Waals surface area (Å²) in [6.45, 7) is 0. The highest BCUT2D eigenvalue weighted by Crippen LogP contribution is 2.32. The standard InChI is InChI=1S/C18H14ClN3OS2/c19-13-5-4-6-14(11-13)22-16(23)12-24-17-18(21-10-9-20-17)25-15-7-2-1-3-8-15/h1-11H,12H2,(H,22,23). The molecule has 0 spiro atoms. The van der Waals surface area contributed by atoms with Crippen LogP contribution in [0.2, 0.25) is 5.02 Å². The van der Waals surface area contributed by atoms with E-state index in [-0.39, 0.29) is 11.7 Å². The summed E-state index contributed by atoms with van der Waals surface area (Å²) in [4.78, 5) is 21.9. The fraction of sp³-hybridized carbons (Fsp3) is 0.0556. The van der Waals surface area contributed by atoms with Gasteiger partial charge in [-0.1, -0.05) is 59.4 Å². The Morgan fingerprint density at radius 2 is 1.76 bits per heavy atom. The van der Waals surface area contributed by atoms with E-state index in [9.17, 15) is 4.79 Å². The van der Waals surface area contributed by atoms with Gasteiger partial charge in [0.2, 0.25) is 5.91 Å². The van der Waals surface area contributed by atoms with Crippen molar-refractivity contribution in [3.8, 4) is 0 Å². The molecule has 0 fully saturated rings. The summed E-state index contributed by atoms with van der Waals surface area (Å²) >= 11 is 8.81. The van der Waals surface area contributed by atoms with E-state index >= 15 is 0 Å². The molecule has 1 N–H and O–H groups in total. The molecule has 1 amide bonds. The van der Waals surface area contributed by atoms with E-state index in [0.29, 0.717) is 10.7 Å². The summed E-state index contributed by atoms with van der Waals surface area (Å²) in [7, 11) is 0. The summed E-state index contributed by atoms with van der Waals surface area (Å²) in [6.07, 6.45) is 3.29. The first-order chi connectivity index (χ1) is 12.2. The van der Waals surface area contributed by atoms with E-state index in [1.807, 2.05) is 30.3 Å². The Hall–Kier alpha value is -2.02. The van der Waals surface area contributed by atoms with Crippen LogP contribution in [-0.4, -0.2) is 21.6 Å². The molecule has 0 unspecified atom stereocenters. The van der Waals surface area contributed by atoms with Gasteiger partial charge in [-0.05, 0) is 30.3 Å². The Balaban J connectivity index is 1.62. The van der Waals surface area contributed by atoms with Crippen molar-refractivity contribution >= 4 is 46.7 Å². The van der Waals surface area contributed by atoms with E-state index in [4.69, 9.17) is 11.6 Å². The van der Waals surface area contributed by atoms with Crippen LogP contribution in [0.1, 0.15) is 0 Å². The van der Waals surface area contributed by atoms with Crippen LogP contribution in [0.4, 0.5) is 5.69 Å². The number of anilines is 1. The third-order valence-electron chi connectivity index (χ3n) is 3.04. The lowest BCUT2D eigenvalue weighted by atomic mass is 10.3. The Labute approximate surface area is 159 Å². The van der Waals surface area contributed by atoms with Crippen LogP contribution in [0.5, 0.6) is 0 Å². The normalized spacial score (nSPS) is 10.4. The number of halogens is 1. The third-order valence-corrected chi connectivity index (χ3v) is 5.38. The molecule has 0 aliphatic heterocycles. The molecule has 4 nitrogen and oxygen atoms in total. The zero-order valence-corrected chi connectivity index (χ0v) is 15.4. The third kappa shape index (κ3) is 5.49. The van der Waals surface area contributed by atoms with Crippen molar-refractivity contribution in [3.63, 3.8) is 0 Å². The maximum atomic E-state index is 12.1. The SMILES string of the molecule is O=C(CSc1nccnc1Sc1ccccc1)Nc1cccc(Cl)c1. The van der Waals surface area contributed by atoms with Crippen LogP contribution >= 0.6 is 35.1 Å². The van der Waals surface area contributed by atoms with Crippen LogP contribution < -0.4 is 5.32 Å². The molecule has 1 aromatic heterocycles. The van der Waals surface area contributed by atoms with Gasteiger partial charge in [0.05, 0.1) is 5.75 Å². The maximum Gasteiger partial charge on any atom is 0.234 e. The number of hydrogen-bond donors (Lipinski definition) is 1. The summed E-state index contributed by atoms with van der Waals surface area (Å²) in [5.74, 6) is 0.127. The van der Waals surface area contributed by atoms with E-state index < -0.39 is 0 Å². The van der Waals surface area contributed by atoms with Gasteiger partial charge in [0.15, 0.2) is 0 Å². The molecule has 0 aliphatic rings. The second-order valence-electron chi connectivity index (χ2n) is 4.93. The number of rotatable bonds is 6. The first-order valence-electron chi connectivity index (χ1n) is 7.43. The van der Waals surface area contributed by atoms with Gasteiger partial charge < -0.3 is 5.32 Å². The molecule has 3 aromatic rings. The van der Waals surface area contributed by atoms with Crippen molar-refractivity contribution in [1.29, 1.82) is 0 Å². The van der Waals surface area contributed by atoms with Gasteiger partial charge in [-0.15, -0.1) is 0 Å². The molecule has 3 rings (SSSR count). The van der Waals surface area contributed by atoms with Crippen LogP contribution in [0.25, 0.3) is 0 Å². The molecule has 126 valence electrons. The summed E-state index contributed by atoms with van der Waals surface area (Å²) in [6, 6.07) is 17.0. The molecule has 7 heteroatoms. The zero-order valence-electron chi connectivity index (χ0n) is 13.1. The fourth-order valence-electron chi connectivity index (χ4n) is 1.98. The number of benzene rings is 2. The van der Waals surface area contributed by atoms with Crippen LogP contribution in [0.3, 0.4) is 0 Å². The number of nitrogens with one attached hydrogen (secondary N) is 1. The quantitative estimate of drug-likeness (QED) is 0.602. The molecule has 0 saturated heterocycles. The van der Waals surface area contributed by atoms with Gasteiger partial charge in [0.25, 0.3) is 0 Å². The average Bonchev–Trinajstić information content (AvgIpc) is 2.62. The van der Waals surface area contributed by atoms with Crippen LogP contribution in [0.15, 0.2) is 81.9 Å². The predicted molar refractivity (Wildman–Crippen MR) is 103 cm³/mol. The van der Waals surface area contributed by atoms with E-state index in [1.165, 1.54) is 23.5 Å². The molecular formula is C18H14ClN3OS2. The molecule has 0 saturated carbocycles. The highest BCUT2D eigenvalue weighted by molar-refractivity contribution is 8.02. The van der Waals surface area contributed by atoms with Crippen molar-refractivity contribution in [1.82, 2.24) is 9.97 Å². The average molecular weight is 388 g/mol. The number of amides is 1. The van der Waals surface area contributed by atoms with Crippen molar-refractivity contribution in [2.75, 3.05) is 11.1 Å². The van der Waals surface area contributed by atoms with Gasteiger partial charge in [-0.2, -0.15) is 0 Å². The van der Waals surface area contributed by atoms with E-state index in [1.54, 1.807) is 36.7 Å². The summed E-state index contributed by atoms with van der Waals surface area (Å²) in [5, 5.41) is 4.93. The molecule has 0 bridgehead atoms. The Kier molecular flexibility index (Phi) is 6.33. The number of carbonyl (C=O) groups excluding carboxylic acids is 1. The highest BCUT2D eigenvalue weighted by atomic mass is 35.5. The van der Waals surface area contributed by atoms with Gasteiger partial charge in [-0.3, -0.25) is 4.79 Å². The van der Waals surface area contributed by atoms with E-state index in [0.717, 1.165) is 14.9 Å². The molecule has 2 aromatic carbocycles. The number of aromatic nitrogens is 2. The monoisotopic (exact) mass is 387 g/mol. The minimum absolute atomic E-state index is 0.117. The lowest BCUT2D eigenvalue weighted by Crippen LogP contribution is -2.14. The lowest BCUT2D eigenvalue weighted by Gasteiger charge is -2.08. The minimum Gasteiger partial charge on any atom is -0.325 e. The van der Waals surface area contributed by atoms with Gasteiger partial charge in [-0.25, -0.2) is 9.97 Å². The molecule has 25 heavy (non-hydrogen) atoms. The second-order valence-corrected chi connectivity index (χ2v) is 7.39. The number of carbonyl (C=O) groups is 1. The topological polar surface area (TPSA) is 54.9 Å². The van der Waals surface area contributed by atoms with Gasteiger partial charge in [0, 0.05) is 28.0 Å². The van der Waals surface area contributed by atoms with Gasteiger partial charge >= 0.3 is 0 Å². The lowest BCUT2D eigenvalue weighted by molar-refractivity contribution is -0.113. The van der Waals surface area contributed by atoms with Crippen molar-refractivity contribution in [2.45, 2.75) is 14.9 Å². The number of nitrogens with zero attached hydrogens (tertiary/aromatic N) is 2. The largest absolute Gasteiger partial charge is 0.325 e. The molecular weight excluding hydrogens is 374 g/mol. The van der Waals surface area contributed by atoms with Crippen molar-refractivity contribution < 1.29 is 4.79 Å².